The van der Waals surface area contributed by atoms with Crippen molar-refractivity contribution in [3.63, 3.8) is 0 Å². The molecule has 0 radical (unpaired) electrons. The van der Waals surface area contributed by atoms with Crippen LogP contribution in [0.15, 0.2) is 0 Å². The molecular weight excluding hydrogens is 192 g/mol. The molecule has 0 aliphatic carbocycles. The Kier molecular flexibility index (Phi) is 4.39. The Morgan fingerprint density at radius 2 is 2.13 bits per heavy atom. The van der Waals surface area contributed by atoms with E-state index in [1.54, 1.807) is 4.90 Å². The van der Waals surface area contributed by atoms with E-state index in [1.807, 2.05) is 0 Å². The molecule has 0 saturated carbocycles. The first-order chi connectivity index (χ1) is 7.04. The van der Waals surface area contributed by atoms with Gasteiger partial charge in [-0.25, -0.2) is 4.79 Å². The van der Waals surface area contributed by atoms with Crippen LogP contribution in [0, 0.1) is 5.92 Å². The molecule has 1 rings (SSSR count). The predicted octanol–water partition coefficient (Wildman–Crippen LogP) is 1.46. The molecule has 4 heteroatoms. The molecule has 1 amide bonds. The Hall–Kier alpha value is -0.770. The number of carbonyl (C=O) groups excluding carboxylic acids is 1. The van der Waals surface area contributed by atoms with Gasteiger partial charge in [-0.1, -0.05) is 13.8 Å². The number of rotatable bonds is 3. The molecule has 0 bridgehead atoms. The van der Waals surface area contributed by atoms with E-state index in [0.717, 1.165) is 19.5 Å². The lowest BCUT2D eigenvalue weighted by atomic mass is 10.1. The number of likely N-dealkylation sites (tertiary alicyclic amines) is 1. The highest BCUT2D eigenvalue weighted by molar-refractivity contribution is 5.67. The van der Waals surface area contributed by atoms with Crippen LogP contribution in [0.5, 0.6) is 0 Å². The molecule has 2 unspecified atom stereocenters. The average molecular weight is 214 g/mol. The quantitative estimate of drug-likeness (QED) is 0.773. The molecule has 1 heterocycles. The molecule has 1 saturated heterocycles. The van der Waals surface area contributed by atoms with Crippen LogP contribution in [0.3, 0.4) is 0 Å². The van der Waals surface area contributed by atoms with Crippen LogP contribution in [-0.2, 0) is 4.74 Å². The second kappa shape index (κ2) is 5.35. The molecule has 88 valence electrons. The third-order valence-corrected chi connectivity index (χ3v) is 3.12. The highest BCUT2D eigenvalue weighted by Crippen LogP contribution is 2.12. The number of amides is 1. The van der Waals surface area contributed by atoms with Crippen molar-refractivity contribution < 1.29 is 9.53 Å². The summed E-state index contributed by atoms with van der Waals surface area (Å²) >= 11 is 0. The lowest BCUT2D eigenvalue weighted by Gasteiger charge is -2.22. The Morgan fingerprint density at radius 1 is 1.47 bits per heavy atom. The summed E-state index contributed by atoms with van der Waals surface area (Å²) in [6, 6.07) is 0.911. The van der Waals surface area contributed by atoms with Crippen molar-refractivity contribution in [3.8, 4) is 0 Å². The molecular formula is C11H22N2O2. The average Bonchev–Trinajstić information content (AvgIpc) is 2.65. The summed E-state index contributed by atoms with van der Waals surface area (Å²) in [5.41, 5.74) is 0. The number of ether oxygens (including phenoxy) is 1. The van der Waals surface area contributed by atoms with Gasteiger partial charge in [0.15, 0.2) is 0 Å². The lowest BCUT2D eigenvalue weighted by molar-refractivity contribution is 0.132. The lowest BCUT2D eigenvalue weighted by Crippen LogP contribution is -2.41. The molecule has 4 nitrogen and oxygen atoms in total. The third-order valence-electron chi connectivity index (χ3n) is 3.12. The van der Waals surface area contributed by atoms with Crippen molar-refractivity contribution in [1.82, 2.24) is 10.2 Å². The summed E-state index contributed by atoms with van der Waals surface area (Å²) in [4.78, 5) is 13.0. The van der Waals surface area contributed by atoms with E-state index in [9.17, 15) is 4.79 Å². The Balaban J connectivity index is 2.33. The maximum atomic E-state index is 11.3. The normalized spacial score (nSPS) is 23.3. The van der Waals surface area contributed by atoms with E-state index in [4.69, 9.17) is 4.74 Å². The van der Waals surface area contributed by atoms with Crippen LogP contribution < -0.4 is 5.32 Å². The van der Waals surface area contributed by atoms with Gasteiger partial charge in [-0.05, 0) is 19.3 Å². The zero-order chi connectivity index (χ0) is 11.4. The van der Waals surface area contributed by atoms with Crippen LogP contribution in [0.2, 0.25) is 0 Å². The van der Waals surface area contributed by atoms with Crippen molar-refractivity contribution >= 4 is 6.09 Å². The Labute approximate surface area is 92.0 Å². The zero-order valence-electron chi connectivity index (χ0n) is 10.1. The highest BCUT2D eigenvalue weighted by Gasteiger charge is 2.27. The summed E-state index contributed by atoms with van der Waals surface area (Å²) in [5.74, 6) is 0.622. The summed E-state index contributed by atoms with van der Waals surface area (Å²) in [5, 5.41) is 3.54. The summed E-state index contributed by atoms with van der Waals surface area (Å²) in [7, 11) is 1.43. The smallest absolute Gasteiger partial charge is 0.409 e. The van der Waals surface area contributed by atoms with E-state index in [1.165, 1.54) is 7.11 Å². The maximum Gasteiger partial charge on any atom is 0.409 e. The Bertz CT molecular complexity index is 219. The molecule has 15 heavy (non-hydrogen) atoms. The number of hydrogen-bond donors (Lipinski definition) is 1. The first kappa shape index (κ1) is 12.3. The van der Waals surface area contributed by atoms with Crippen molar-refractivity contribution in [2.45, 2.75) is 39.3 Å². The van der Waals surface area contributed by atoms with Gasteiger partial charge in [-0.15, -0.1) is 0 Å². The largest absolute Gasteiger partial charge is 0.453 e. The fraction of sp³-hybridized carbons (Fsp3) is 0.909. The SMILES string of the molecule is COC(=O)N1CCC(NC(C)C(C)C)C1. The first-order valence-electron chi connectivity index (χ1n) is 5.63. The number of nitrogens with one attached hydrogen (secondary N) is 1. The highest BCUT2D eigenvalue weighted by atomic mass is 16.5. The predicted molar refractivity (Wildman–Crippen MR) is 59.8 cm³/mol. The summed E-state index contributed by atoms with van der Waals surface area (Å²) < 4.78 is 4.69. The fourth-order valence-electron chi connectivity index (χ4n) is 1.76. The van der Waals surface area contributed by atoms with Crippen LogP contribution in [0.4, 0.5) is 4.79 Å². The minimum atomic E-state index is -0.212. The minimum absolute atomic E-state index is 0.212. The molecule has 1 fully saturated rings. The number of nitrogens with zero attached hydrogens (tertiary/aromatic N) is 1. The molecule has 0 aromatic heterocycles. The Morgan fingerprint density at radius 3 is 2.67 bits per heavy atom. The van der Waals surface area contributed by atoms with Gasteiger partial charge in [0.2, 0.25) is 0 Å². The van der Waals surface area contributed by atoms with Crippen LogP contribution in [0.1, 0.15) is 27.2 Å². The van der Waals surface area contributed by atoms with Gasteiger partial charge < -0.3 is 15.0 Å². The van der Waals surface area contributed by atoms with Gasteiger partial charge >= 0.3 is 6.09 Å². The van der Waals surface area contributed by atoms with E-state index in [2.05, 4.69) is 26.1 Å². The number of hydrogen-bond acceptors (Lipinski definition) is 3. The molecule has 1 aliphatic heterocycles. The summed E-state index contributed by atoms with van der Waals surface area (Å²) in [6.07, 6.45) is 0.808. The first-order valence-corrected chi connectivity index (χ1v) is 5.63. The molecule has 1 N–H and O–H groups in total. The van der Waals surface area contributed by atoms with Crippen LogP contribution >= 0.6 is 0 Å². The third kappa shape index (κ3) is 3.38. The van der Waals surface area contributed by atoms with E-state index < -0.39 is 0 Å². The molecule has 2 atom stereocenters. The van der Waals surface area contributed by atoms with Gasteiger partial charge in [0.1, 0.15) is 0 Å². The van der Waals surface area contributed by atoms with Crippen molar-refractivity contribution in [2.24, 2.45) is 5.92 Å². The van der Waals surface area contributed by atoms with Crippen LogP contribution in [-0.4, -0.2) is 43.3 Å². The maximum absolute atomic E-state index is 11.3. The van der Waals surface area contributed by atoms with E-state index >= 15 is 0 Å². The van der Waals surface area contributed by atoms with Gasteiger partial charge in [0, 0.05) is 25.2 Å². The second-order valence-electron chi connectivity index (χ2n) is 4.60. The van der Waals surface area contributed by atoms with Crippen LogP contribution in [0.25, 0.3) is 0 Å². The van der Waals surface area contributed by atoms with E-state index in [-0.39, 0.29) is 6.09 Å². The standard InChI is InChI=1S/C11H22N2O2/c1-8(2)9(3)12-10-5-6-13(7-10)11(14)15-4/h8-10,12H,5-7H2,1-4H3. The number of carbonyl (C=O) groups is 1. The minimum Gasteiger partial charge on any atom is -0.453 e. The molecule has 0 aromatic carbocycles. The van der Waals surface area contributed by atoms with Gasteiger partial charge in [-0.2, -0.15) is 0 Å². The zero-order valence-corrected chi connectivity index (χ0v) is 10.1. The van der Waals surface area contributed by atoms with Gasteiger partial charge in [-0.3, -0.25) is 0 Å². The van der Waals surface area contributed by atoms with Crippen molar-refractivity contribution in [2.75, 3.05) is 20.2 Å². The van der Waals surface area contributed by atoms with Gasteiger partial charge in [0.05, 0.1) is 7.11 Å². The van der Waals surface area contributed by atoms with Gasteiger partial charge in [0.25, 0.3) is 0 Å². The second-order valence-corrected chi connectivity index (χ2v) is 4.60. The monoisotopic (exact) mass is 214 g/mol. The fourth-order valence-corrected chi connectivity index (χ4v) is 1.76. The molecule has 0 spiro atoms. The number of methoxy groups -OCH3 is 1. The van der Waals surface area contributed by atoms with E-state index in [0.29, 0.717) is 18.0 Å². The van der Waals surface area contributed by atoms with Crippen molar-refractivity contribution in [3.05, 3.63) is 0 Å². The molecule has 0 aromatic rings. The topological polar surface area (TPSA) is 41.6 Å². The summed E-state index contributed by atoms with van der Waals surface area (Å²) in [6.45, 7) is 8.15. The molecule has 1 aliphatic rings. The van der Waals surface area contributed by atoms with Crippen molar-refractivity contribution in [1.29, 1.82) is 0 Å².